The zero-order chi connectivity index (χ0) is 13.9. The number of halogens is 1. The van der Waals surface area contributed by atoms with Crippen LogP contribution < -0.4 is 5.32 Å². The summed E-state index contributed by atoms with van der Waals surface area (Å²) in [6.45, 7) is 0. The summed E-state index contributed by atoms with van der Waals surface area (Å²) in [4.78, 5) is 16.2. The predicted molar refractivity (Wildman–Crippen MR) is 81.9 cm³/mol. The van der Waals surface area contributed by atoms with E-state index in [2.05, 4.69) is 26.2 Å². The number of rotatable bonds is 3. The molecule has 0 atom stereocenters. The van der Waals surface area contributed by atoms with Crippen LogP contribution in [0, 0.1) is 0 Å². The molecule has 0 saturated carbocycles. The van der Waals surface area contributed by atoms with Crippen molar-refractivity contribution in [1.29, 1.82) is 0 Å². The summed E-state index contributed by atoms with van der Waals surface area (Å²) in [5.41, 5.74) is 1.82. The summed E-state index contributed by atoms with van der Waals surface area (Å²) in [5.74, 6) is -0.0330. The normalized spacial score (nSPS) is 10.4. The van der Waals surface area contributed by atoms with Crippen molar-refractivity contribution in [2.24, 2.45) is 0 Å². The Morgan fingerprint density at radius 3 is 2.95 bits per heavy atom. The van der Waals surface area contributed by atoms with Crippen molar-refractivity contribution >= 4 is 38.3 Å². The second-order valence-corrected chi connectivity index (χ2v) is 5.75. The summed E-state index contributed by atoms with van der Waals surface area (Å²) < 4.78 is 6.02. The second-order valence-electron chi connectivity index (χ2n) is 3.98. The Morgan fingerprint density at radius 1 is 1.30 bits per heavy atom. The van der Waals surface area contributed by atoms with E-state index in [1.54, 1.807) is 12.1 Å². The standard InChI is InChI=1S/C14H9BrN2O2S/c15-10-4-1-3-9(7-10)11-8-20-14(16-11)17-13(18)12-5-2-6-19-12/h1-8H,(H,16,17,18). The summed E-state index contributed by atoms with van der Waals surface area (Å²) in [6.07, 6.45) is 1.46. The van der Waals surface area contributed by atoms with Crippen molar-refractivity contribution < 1.29 is 9.21 Å². The third kappa shape index (κ3) is 2.81. The Balaban J connectivity index is 1.79. The number of hydrogen-bond acceptors (Lipinski definition) is 4. The third-order valence-corrected chi connectivity index (χ3v) is 3.84. The van der Waals surface area contributed by atoms with Crippen LogP contribution in [0.15, 0.2) is 56.9 Å². The number of aromatic nitrogens is 1. The van der Waals surface area contributed by atoms with Crippen molar-refractivity contribution in [3.8, 4) is 11.3 Å². The number of amides is 1. The van der Waals surface area contributed by atoms with Crippen LogP contribution in [0.3, 0.4) is 0 Å². The smallest absolute Gasteiger partial charge is 0.293 e. The van der Waals surface area contributed by atoms with Gasteiger partial charge in [-0.2, -0.15) is 0 Å². The van der Waals surface area contributed by atoms with Crippen LogP contribution in [0.1, 0.15) is 10.6 Å². The van der Waals surface area contributed by atoms with E-state index in [1.165, 1.54) is 17.6 Å². The summed E-state index contributed by atoms with van der Waals surface area (Å²) >= 11 is 4.80. The van der Waals surface area contributed by atoms with Gasteiger partial charge in [-0.3, -0.25) is 10.1 Å². The predicted octanol–water partition coefficient (Wildman–Crippen LogP) is 4.42. The van der Waals surface area contributed by atoms with Gasteiger partial charge in [-0.15, -0.1) is 11.3 Å². The minimum atomic E-state index is -0.301. The fourth-order valence-electron chi connectivity index (χ4n) is 1.68. The van der Waals surface area contributed by atoms with E-state index >= 15 is 0 Å². The molecular weight excluding hydrogens is 340 g/mol. The SMILES string of the molecule is O=C(Nc1nc(-c2cccc(Br)c2)cs1)c1ccco1. The number of thiazole rings is 1. The van der Waals surface area contributed by atoms with Gasteiger partial charge in [0.25, 0.3) is 5.91 Å². The molecule has 0 aliphatic heterocycles. The average Bonchev–Trinajstić information content (AvgIpc) is 3.10. The first-order valence-electron chi connectivity index (χ1n) is 5.79. The van der Waals surface area contributed by atoms with Crippen molar-refractivity contribution in [2.75, 3.05) is 5.32 Å². The zero-order valence-electron chi connectivity index (χ0n) is 10.2. The van der Waals surface area contributed by atoms with Gasteiger partial charge in [-0.05, 0) is 24.3 Å². The molecule has 0 aliphatic rings. The van der Waals surface area contributed by atoms with E-state index in [9.17, 15) is 4.79 Å². The number of carbonyl (C=O) groups excluding carboxylic acids is 1. The molecule has 1 amide bonds. The molecule has 6 heteroatoms. The lowest BCUT2D eigenvalue weighted by Crippen LogP contribution is -2.10. The van der Waals surface area contributed by atoms with Gasteiger partial charge in [0.2, 0.25) is 0 Å². The Kier molecular flexibility index (Phi) is 3.66. The highest BCUT2D eigenvalue weighted by molar-refractivity contribution is 9.10. The Bertz CT molecular complexity index is 737. The maximum Gasteiger partial charge on any atom is 0.293 e. The lowest BCUT2D eigenvalue weighted by atomic mass is 10.2. The van der Waals surface area contributed by atoms with Crippen LogP contribution in [-0.2, 0) is 0 Å². The van der Waals surface area contributed by atoms with Gasteiger partial charge in [0, 0.05) is 15.4 Å². The van der Waals surface area contributed by atoms with Crippen LogP contribution >= 0.6 is 27.3 Å². The molecule has 0 aliphatic carbocycles. The van der Waals surface area contributed by atoms with Crippen molar-refractivity contribution in [3.05, 3.63) is 58.3 Å². The van der Waals surface area contributed by atoms with Gasteiger partial charge in [0.15, 0.2) is 10.9 Å². The van der Waals surface area contributed by atoms with Crippen LogP contribution in [0.5, 0.6) is 0 Å². The van der Waals surface area contributed by atoms with Crippen LogP contribution in [0.4, 0.5) is 5.13 Å². The molecule has 0 unspecified atom stereocenters. The molecule has 0 fully saturated rings. The van der Waals surface area contributed by atoms with Crippen molar-refractivity contribution in [1.82, 2.24) is 4.98 Å². The molecule has 3 aromatic rings. The molecule has 3 rings (SSSR count). The van der Waals surface area contributed by atoms with Crippen LogP contribution in [-0.4, -0.2) is 10.9 Å². The Morgan fingerprint density at radius 2 is 2.20 bits per heavy atom. The second kappa shape index (κ2) is 5.60. The lowest BCUT2D eigenvalue weighted by Gasteiger charge is -1.98. The topological polar surface area (TPSA) is 55.1 Å². The van der Waals surface area contributed by atoms with Gasteiger partial charge in [0.05, 0.1) is 12.0 Å². The first-order chi connectivity index (χ1) is 9.72. The highest BCUT2D eigenvalue weighted by atomic mass is 79.9. The molecule has 0 spiro atoms. The number of carbonyl (C=O) groups is 1. The maximum absolute atomic E-state index is 11.8. The number of nitrogens with one attached hydrogen (secondary N) is 1. The van der Waals surface area contributed by atoms with E-state index in [0.29, 0.717) is 5.13 Å². The summed E-state index contributed by atoms with van der Waals surface area (Å²) in [5, 5.41) is 5.16. The molecule has 4 nitrogen and oxygen atoms in total. The fourth-order valence-corrected chi connectivity index (χ4v) is 2.79. The molecule has 100 valence electrons. The Hall–Kier alpha value is -1.92. The number of benzene rings is 1. The summed E-state index contributed by atoms with van der Waals surface area (Å²) in [7, 11) is 0. The fraction of sp³-hybridized carbons (Fsp3) is 0. The van der Waals surface area contributed by atoms with Gasteiger partial charge >= 0.3 is 0 Å². The average molecular weight is 349 g/mol. The number of hydrogen-bond donors (Lipinski definition) is 1. The van der Waals surface area contributed by atoms with Gasteiger partial charge in [-0.1, -0.05) is 28.1 Å². The summed E-state index contributed by atoms with van der Waals surface area (Å²) in [6, 6.07) is 11.1. The molecule has 1 N–H and O–H groups in total. The van der Waals surface area contributed by atoms with Crippen molar-refractivity contribution in [2.45, 2.75) is 0 Å². The number of furan rings is 1. The van der Waals surface area contributed by atoms with Crippen molar-refractivity contribution in [3.63, 3.8) is 0 Å². The van der Waals surface area contributed by atoms with Crippen LogP contribution in [0.25, 0.3) is 11.3 Å². The van der Waals surface area contributed by atoms with E-state index in [0.717, 1.165) is 15.7 Å². The minimum Gasteiger partial charge on any atom is -0.459 e. The monoisotopic (exact) mass is 348 g/mol. The molecule has 0 bridgehead atoms. The largest absolute Gasteiger partial charge is 0.459 e. The quantitative estimate of drug-likeness (QED) is 0.762. The van der Waals surface area contributed by atoms with Crippen LogP contribution in [0.2, 0.25) is 0 Å². The first kappa shape index (κ1) is 13.1. The molecule has 2 aromatic heterocycles. The minimum absolute atomic E-state index is 0.268. The van der Waals surface area contributed by atoms with E-state index in [1.807, 2.05) is 29.6 Å². The van der Waals surface area contributed by atoms with Gasteiger partial charge in [-0.25, -0.2) is 4.98 Å². The number of anilines is 1. The molecule has 0 saturated heterocycles. The zero-order valence-corrected chi connectivity index (χ0v) is 12.6. The van der Waals surface area contributed by atoms with E-state index < -0.39 is 0 Å². The maximum atomic E-state index is 11.8. The van der Waals surface area contributed by atoms with E-state index in [-0.39, 0.29) is 11.7 Å². The van der Waals surface area contributed by atoms with Gasteiger partial charge in [0.1, 0.15) is 0 Å². The molecule has 20 heavy (non-hydrogen) atoms. The molecular formula is C14H9BrN2O2S. The van der Waals surface area contributed by atoms with Gasteiger partial charge < -0.3 is 4.42 Å². The highest BCUT2D eigenvalue weighted by Crippen LogP contribution is 2.27. The van der Waals surface area contributed by atoms with E-state index in [4.69, 9.17) is 4.42 Å². The molecule has 0 radical (unpaired) electrons. The molecule has 1 aromatic carbocycles. The molecule has 2 heterocycles. The number of nitrogens with zero attached hydrogens (tertiary/aromatic N) is 1. The Labute approximate surface area is 127 Å². The highest BCUT2D eigenvalue weighted by Gasteiger charge is 2.11. The lowest BCUT2D eigenvalue weighted by molar-refractivity contribution is 0.0996. The third-order valence-electron chi connectivity index (χ3n) is 2.59. The first-order valence-corrected chi connectivity index (χ1v) is 7.46.